The SMILES string of the molecule is Oc1ccc(C2=CCC(OCc3ccc(-c4ccc(O)c(F)c4F)cc3F)CC2)c(F)c1F. The van der Waals surface area contributed by atoms with Crippen molar-refractivity contribution in [1.82, 2.24) is 0 Å². The molecule has 1 aliphatic rings. The second-order valence-electron chi connectivity index (χ2n) is 7.76. The summed E-state index contributed by atoms with van der Waals surface area (Å²) in [6.07, 6.45) is 2.80. The number of aromatic hydroxyl groups is 2. The summed E-state index contributed by atoms with van der Waals surface area (Å²) < 4.78 is 75.6. The van der Waals surface area contributed by atoms with Crippen LogP contribution in [0.5, 0.6) is 11.5 Å². The third kappa shape index (κ3) is 4.57. The maximum Gasteiger partial charge on any atom is 0.200 e. The number of rotatable bonds is 5. The van der Waals surface area contributed by atoms with Gasteiger partial charge < -0.3 is 14.9 Å². The first-order valence-electron chi connectivity index (χ1n) is 10.2. The van der Waals surface area contributed by atoms with E-state index in [1.54, 1.807) is 6.08 Å². The summed E-state index contributed by atoms with van der Waals surface area (Å²) in [4.78, 5) is 0. The van der Waals surface area contributed by atoms with Crippen molar-refractivity contribution in [2.75, 3.05) is 0 Å². The van der Waals surface area contributed by atoms with Gasteiger partial charge in [0, 0.05) is 16.7 Å². The number of phenolic OH excluding ortho intramolecular Hbond substituents is 2. The zero-order valence-corrected chi connectivity index (χ0v) is 17.2. The van der Waals surface area contributed by atoms with E-state index in [1.165, 1.54) is 18.2 Å². The van der Waals surface area contributed by atoms with Crippen molar-refractivity contribution in [2.45, 2.75) is 32.0 Å². The van der Waals surface area contributed by atoms with Gasteiger partial charge >= 0.3 is 0 Å². The van der Waals surface area contributed by atoms with Gasteiger partial charge in [-0.3, -0.25) is 0 Å². The van der Waals surface area contributed by atoms with Crippen molar-refractivity contribution >= 4 is 5.57 Å². The van der Waals surface area contributed by atoms with Gasteiger partial charge in [-0.25, -0.2) is 13.2 Å². The summed E-state index contributed by atoms with van der Waals surface area (Å²) in [5.74, 6) is -7.31. The molecule has 8 heteroatoms. The molecule has 1 unspecified atom stereocenters. The minimum atomic E-state index is -1.40. The Bertz CT molecular complexity index is 1240. The number of ether oxygens (including phenoxy) is 1. The number of phenols is 2. The fourth-order valence-corrected chi connectivity index (χ4v) is 3.80. The van der Waals surface area contributed by atoms with Gasteiger partial charge in [0.1, 0.15) is 5.82 Å². The maximum absolute atomic E-state index is 14.5. The Balaban J connectivity index is 1.41. The van der Waals surface area contributed by atoms with Gasteiger partial charge in [-0.05, 0) is 60.7 Å². The minimum Gasteiger partial charge on any atom is -0.505 e. The van der Waals surface area contributed by atoms with Crippen LogP contribution >= 0.6 is 0 Å². The first kappa shape index (κ1) is 22.8. The molecule has 33 heavy (non-hydrogen) atoms. The average molecular weight is 462 g/mol. The van der Waals surface area contributed by atoms with Crippen LogP contribution in [-0.4, -0.2) is 16.3 Å². The molecule has 0 aliphatic heterocycles. The minimum absolute atomic E-state index is 0.0609. The molecule has 4 rings (SSSR count). The number of allylic oxidation sites excluding steroid dienone is 1. The molecule has 0 saturated heterocycles. The lowest BCUT2D eigenvalue weighted by Crippen LogP contribution is -2.16. The Labute approximate surface area is 186 Å². The van der Waals surface area contributed by atoms with E-state index in [-0.39, 0.29) is 35.0 Å². The highest BCUT2D eigenvalue weighted by Crippen LogP contribution is 2.34. The van der Waals surface area contributed by atoms with Crippen LogP contribution in [-0.2, 0) is 11.3 Å². The zero-order chi connectivity index (χ0) is 23.7. The van der Waals surface area contributed by atoms with E-state index in [9.17, 15) is 32.2 Å². The molecule has 172 valence electrons. The Kier molecular flexibility index (Phi) is 6.37. The lowest BCUT2D eigenvalue weighted by Gasteiger charge is -2.23. The Hall–Kier alpha value is -3.39. The van der Waals surface area contributed by atoms with E-state index >= 15 is 0 Å². The van der Waals surface area contributed by atoms with Crippen LogP contribution in [0.3, 0.4) is 0 Å². The van der Waals surface area contributed by atoms with Crippen LogP contribution in [0.4, 0.5) is 22.0 Å². The lowest BCUT2D eigenvalue weighted by atomic mass is 9.91. The highest BCUT2D eigenvalue weighted by atomic mass is 19.2. The highest BCUT2D eigenvalue weighted by molar-refractivity contribution is 5.68. The predicted molar refractivity (Wildman–Crippen MR) is 112 cm³/mol. The van der Waals surface area contributed by atoms with Crippen molar-refractivity contribution < 1.29 is 36.9 Å². The summed E-state index contributed by atoms with van der Waals surface area (Å²) >= 11 is 0. The van der Waals surface area contributed by atoms with Crippen LogP contribution in [0.25, 0.3) is 16.7 Å². The number of halogens is 5. The van der Waals surface area contributed by atoms with Gasteiger partial charge in [-0.1, -0.05) is 18.2 Å². The molecule has 0 spiro atoms. The summed E-state index contributed by atoms with van der Waals surface area (Å²) in [5, 5.41) is 18.5. The fraction of sp³-hybridized carbons (Fsp3) is 0.200. The van der Waals surface area contributed by atoms with Gasteiger partial charge in [-0.15, -0.1) is 0 Å². The molecule has 2 N–H and O–H groups in total. The van der Waals surface area contributed by atoms with Crippen molar-refractivity contribution in [3.05, 3.63) is 88.8 Å². The molecule has 0 saturated carbocycles. The first-order valence-corrected chi connectivity index (χ1v) is 10.2. The molecule has 0 aromatic heterocycles. The Morgan fingerprint density at radius 1 is 0.788 bits per heavy atom. The summed E-state index contributed by atoms with van der Waals surface area (Å²) in [7, 11) is 0. The van der Waals surface area contributed by atoms with E-state index in [4.69, 9.17) is 4.74 Å². The molecule has 0 amide bonds. The first-order chi connectivity index (χ1) is 15.8. The monoisotopic (exact) mass is 462 g/mol. The zero-order valence-electron chi connectivity index (χ0n) is 17.2. The molecule has 3 aromatic carbocycles. The summed E-state index contributed by atoms with van der Waals surface area (Å²) in [5.41, 5.74) is 0.841. The highest BCUT2D eigenvalue weighted by Gasteiger charge is 2.21. The number of hydrogen-bond acceptors (Lipinski definition) is 3. The largest absolute Gasteiger partial charge is 0.505 e. The van der Waals surface area contributed by atoms with E-state index in [1.807, 2.05) is 0 Å². The van der Waals surface area contributed by atoms with Crippen LogP contribution in [0, 0.1) is 29.1 Å². The van der Waals surface area contributed by atoms with Crippen LogP contribution in [0.1, 0.15) is 30.4 Å². The topological polar surface area (TPSA) is 49.7 Å². The third-order valence-corrected chi connectivity index (χ3v) is 5.67. The van der Waals surface area contributed by atoms with Crippen molar-refractivity contribution in [3.8, 4) is 22.6 Å². The fourth-order valence-electron chi connectivity index (χ4n) is 3.80. The Morgan fingerprint density at radius 2 is 1.42 bits per heavy atom. The summed E-state index contributed by atoms with van der Waals surface area (Å²) in [6.45, 7) is -0.0609. The molecule has 0 bridgehead atoms. The average Bonchev–Trinajstić information content (AvgIpc) is 2.81. The molecule has 3 aromatic rings. The smallest absolute Gasteiger partial charge is 0.200 e. The molecule has 1 atom stereocenters. The number of benzene rings is 3. The standard InChI is InChI=1S/C25H19F5O3/c26-19-11-14(18-8-10-21(32)25(30)23(18)28)1-2-15(19)12-33-16-5-3-13(4-6-16)17-7-9-20(31)24(29)22(17)27/h1-3,7-11,16,31-32H,4-6,12H2. The van der Waals surface area contributed by atoms with Gasteiger partial charge in [0.25, 0.3) is 0 Å². The van der Waals surface area contributed by atoms with Crippen molar-refractivity contribution in [2.24, 2.45) is 0 Å². The second-order valence-corrected chi connectivity index (χ2v) is 7.76. The molecule has 3 nitrogen and oxygen atoms in total. The van der Waals surface area contributed by atoms with Crippen molar-refractivity contribution in [3.63, 3.8) is 0 Å². The van der Waals surface area contributed by atoms with Crippen LogP contribution in [0.2, 0.25) is 0 Å². The number of hydrogen-bond donors (Lipinski definition) is 2. The van der Waals surface area contributed by atoms with Gasteiger partial charge in [0.05, 0.1) is 12.7 Å². The van der Waals surface area contributed by atoms with Gasteiger partial charge in [0.2, 0.25) is 11.6 Å². The van der Waals surface area contributed by atoms with E-state index in [0.717, 1.165) is 24.3 Å². The molecule has 0 radical (unpaired) electrons. The maximum atomic E-state index is 14.5. The van der Waals surface area contributed by atoms with Crippen molar-refractivity contribution in [1.29, 1.82) is 0 Å². The quantitative estimate of drug-likeness (QED) is 0.420. The molecule has 0 heterocycles. The predicted octanol–water partition coefficient (Wildman–Crippen LogP) is 6.61. The molecular formula is C25H19F5O3. The van der Waals surface area contributed by atoms with E-state index in [0.29, 0.717) is 24.8 Å². The lowest BCUT2D eigenvalue weighted by molar-refractivity contribution is 0.0345. The normalized spacial score (nSPS) is 16.0. The Morgan fingerprint density at radius 3 is 2.03 bits per heavy atom. The third-order valence-electron chi connectivity index (χ3n) is 5.67. The second kappa shape index (κ2) is 9.23. The van der Waals surface area contributed by atoms with Crippen LogP contribution in [0.15, 0.2) is 48.5 Å². The molecule has 1 aliphatic carbocycles. The molecular weight excluding hydrogens is 443 g/mol. The van der Waals surface area contributed by atoms with Gasteiger partial charge in [-0.2, -0.15) is 8.78 Å². The van der Waals surface area contributed by atoms with Gasteiger partial charge in [0.15, 0.2) is 23.1 Å². The van der Waals surface area contributed by atoms with E-state index < -0.39 is 40.6 Å². The summed E-state index contributed by atoms with van der Waals surface area (Å²) in [6, 6.07) is 8.47. The van der Waals surface area contributed by atoms with E-state index in [2.05, 4.69) is 0 Å². The van der Waals surface area contributed by atoms with Crippen LogP contribution < -0.4 is 0 Å². The molecule has 0 fully saturated rings.